The number of hydrogen-bond acceptors (Lipinski definition) is 4. The van der Waals surface area contributed by atoms with E-state index >= 15 is 0 Å². The highest BCUT2D eigenvalue weighted by molar-refractivity contribution is 5.78. The quantitative estimate of drug-likeness (QED) is 0.759. The molecule has 3 aliphatic rings. The highest BCUT2D eigenvalue weighted by Crippen LogP contribution is 2.23. The lowest BCUT2D eigenvalue weighted by atomic mass is 9.95. The number of benzene rings is 1. The van der Waals surface area contributed by atoms with Crippen molar-refractivity contribution >= 4 is 5.91 Å². The monoisotopic (exact) mass is 413 g/mol. The minimum Gasteiger partial charge on any atom is -0.492 e. The first-order valence-electron chi connectivity index (χ1n) is 12.2. The van der Waals surface area contributed by atoms with Crippen LogP contribution in [-0.2, 0) is 11.2 Å². The van der Waals surface area contributed by atoms with Gasteiger partial charge in [-0.25, -0.2) is 0 Å². The molecule has 1 atom stereocenters. The summed E-state index contributed by atoms with van der Waals surface area (Å²) in [5, 5.41) is 0. The third kappa shape index (κ3) is 6.21. The number of piperidine rings is 1. The van der Waals surface area contributed by atoms with E-state index in [0.29, 0.717) is 12.5 Å². The standard InChI is InChI=1S/C25H39N3O2/c29-25-10-6-16-28(25)18-17-26-13-3-4-15-27-14-2-1-8-23(27)12-11-22-7-5-9-24(21-22)30-20-19-26/h5,7,9,21,23H,1-4,6,8,10-20H2. The Morgan fingerprint density at radius 3 is 2.60 bits per heavy atom. The van der Waals surface area contributed by atoms with Crippen LogP contribution in [-0.4, -0.2) is 79.1 Å². The maximum absolute atomic E-state index is 12.0. The molecule has 1 unspecified atom stereocenters. The van der Waals surface area contributed by atoms with Gasteiger partial charge in [-0.2, -0.15) is 0 Å². The van der Waals surface area contributed by atoms with Gasteiger partial charge in [0.2, 0.25) is 5.91 Å². The number of likely N-dealkylation sites (tertiary alicyclic amines) is 1. The van der Waals surface area contributed by atoms with Crippen LogP contribution in [0.3, 0.4) is 0 Å². The SMILES string of the molecule is O=C1CCCN1CCN1CCCCN2CCCCC2CCc2cccc(c2)OCC1. The van der Waals surface area contributed by atoms with Crippen LogP contribution in [0.5, 0.6) is 5.75 Å². The van der Waals surface area contributed by atoms with Gasteiger partial charge < -0.3 is 14.5 Å². The van der Waals surface area contributed by atoms with Crippen molar-refractivity contribution < 1.29 is 9.53 Å². The first-order chi connectivity index (χ1) is 14.8. The smallest absolute Gasteiger partial charge is 0.222 e. The Hall–Kier alpha value is -1.59. The molecule has 0 N–H and O–H groups in total. The Kier molecular flexibility index (Phi) is 8.04. The van der Waals surface area contributed by atoms with E-state index in [2.05, 4.69) is 34.1 Å². The molecular formula is C25H39N3O2. The van der Waals surface area contributed by atoms with Crippen LogP contribution in [0, 0.1) is 0 Å². The molecule has 166 valence electrons. The van der Waals surface area contributed by atoms with Gasteiger partial charge in [0.15, 0.2) is 0 Å². The van der Waals surface area contributed by atoms with Crippen molar-refractivity contribution in [1.29, 1.82) is 0 Å². The summed E-state index contributed by atoms with van der Waals surface area (Å²) in [6.07, 6.45) is 10.8. The van der Waals surface area contributed by atoms with Gasteiger partial charge >= 0.3 is 0 Å². The number of carbonyl (C=O) groups excluding carboxylic acids is 1. The van der Waals surface area contributed by atoms with Crippen molar-refractivity contribution in [2.24, 2.45) is 0 Å². The molecular weight excluding hydrogens is 374 g/mol. The number of rotatable bonds is 3. The first-order valence-corrected chi connectivity index (χ1v) is 12.2. The Labute approximate surface area is 182 Å². The predicted octanol–water partition coefficient (Wildman–Crippen LogP) is 3.57. The number of carbonyl (C=O) groups is 1. The third-order valence-electron chi connectivity index (χ3n) is 7.12. The molecule has 3 aliphatic heterocycles. The third-order valence-corrected chi connectivity index (χ3v) is 7.12. The van der Waals surface area contributed by atoms with Crippen LogP contribution in [0.1, 0.15) is 56.9 Å². The zero-order valence-corrected chi connectivity index (χ0v) is 18.6. The molecule has 2 saturated heterocycles. The number of nitrogens with zero attached hydrogens (tertiary/aromatic N) is 3. The van der Waals surface area contributed by atoms with Crippen LogP contribution in [0.2, 0.25) is 0 Å². The summed E-state index contributed by atoms with van der Waals surface area (Å²) >= 11 is 0. The van der Waals surface area contributed by atoms with Gasteiger partial charge in [0.1, 0.15) is 12.4 Å². The Bertz CT molecular complexity index is 680. The second-order valence-electron chi connectivity index (χ2n) is 9.25. The fraction of sp³-hybridized carbons (Fsp3) is 0.720. The number of fused-ring (bicyclic) bond motifs is 3. The van der Waals surface area contributed by atoms with E-state index < -0.39 is 0 Å². The van der Waals surface area contributed by atoms with E-state index in [-0.39, 0.29) is 0 Å². The molecule has 2 bridgehead atoms. The largest absolute Gasteiger partial charge is 0.492 e. The molecule has 1 amide bonds. The van der Waals surface area contributed by atoms with Gasteiger partial charge in [0.05, 0.1) is 0 Å². The lowest BCUT2D eigenvalue weighted by Crippen LogP contribution is -2.41. The molecule has 0 spiro atoms. The molecule has 3 heterocycles. The van der Waals surface area contributed by atoms with Crippen LogP contribution in [0.25, 0.3) is 0 Å². The Morgan fingerprint density at radius 1 is 0.867 bits per heavy atom. The second kappa shape index (κ2) is 11.1. The molecule has 0 aliphatic carbocycles. The summed E-state index contributed by atoms with van der Waals surface area (Å²) in [4.78, 5) is 19.3. The van der Waals surface area contributed by atoms with E-state index in [1.54, 1.807) is 0 Å². The van der Waals surface area contributed by atoms with Crippen molar-refractivity contribution in [3.8, 4) is 5.75 Å². The van der Waals surface area contributed by atoms with Gasteiger partial charge in [-0.1, -0.05) is 18.6 Å². The number of aryl methyl sites for hydroxylation is 1. The summed E-state index contributed by atoms with van der Waals surface area (Å²) in [6, 6.07) is 9.45. The number of hydrogen-bond donors (Lipinski definition) is 0. The van der Waals surface area contributed by atoms with E-state index in [1.165, 1.54) is 57.2 Å². The van der Waals surface area contributed by atoms with Crippen molar-refractivity contribution in [2.45, 2.75) is 63.8 Å². The van der Waals surface area contributed by atoms with Gasteiger partial charge in [0.25, 0.3) is 0 Å². The van der Waals surface area contributed by atoms with Gasteiger partial charge in [-0.3, -0.25) is 9.69 Å². The lowest BCUT2D eigenvalue weighted by molar-refractivity contribution is -0.127. The summed E-state index contributed by atoms with van der Waals surface area (Å²) in [7, 11) is 0. The minimum atomic E-state index is 0.331. The summed E-state index contributed by atoms with van der Waals surface area (Å²) < 4.78 is 6.12. The zero-order valence-electron chi connectivity index (χ0n) is 18.6. The van der Waals surface area contributed by atoms with Gasteiger partial charge in [-0.15, -0.1) is 0 Å². The minimum absolute atomic E-state index is 0.331. The molecule has 5 heteroatoms. The molecule has 5 nitrogen and oxygen atoms in total. The van der Waals surface area contributed by atoms with Crippen molar-refractivity contribution in [2.75, 3.05) is 52.4 Å². The molecule has 30 heavy (non-hydrogen) atoms. The Balaban J connectivity index is 1.38. The van der Waals surface area contributed by atoms with Crippen molar-refractivity contribution in [3.63, 3.8) is 0 Å². The van der Waals surface area contributed by atoms with E-state index in [4.69, 9.17) is 4.74 Å². The molecule has 0 aromatic heterocycles. The summed E-state index contributed by atoms with van der Waals surface area (Å²) in [5.41, 5.74) is 1.40. The number of ether oxygens (including phenoxy) is 1. The second-order valence-corrected chi connectivity index (χ2v) is 9.25. The first kappa shape index (κ1) is 21.6. The zero-order chi connectivity index (χ0) is 20.6. The molecule has 1 aromatic rings. The molecule has 1 aromatic carbocycles. The van der Waals surface area contributed by atoms with Crippen LogP contribution in [0.15, 0.2) is 24.3 Å². The fourth-order valence-corrected chi connectivity index (χ4v) is 5.29. The average Bonchev–Trinajstić information content (AvgIpc) is 3.18. The maximum atomic E-state index is 12.0. The van der Waals surface area contributed by atoms with Crippen molar-refractivity contribution in [3.05, 3.63) is 29.8 Å². The lowest BCUT2D eigenvalue weighted by Gasteiger charge is -2.36. The maximum Gasteiger partial charge on any atom is 0.222 e. The molecule has 4 rings (SSSR count). The van der Waals surface area contributed by atoms with Gasteiger partial charge in [0, 0.05) is 38.6 Å². The molecule has 0 radical (unpaired) electrons. The number of amides is 1. The molecule has 2 fully saturated rings. The summed E-state index contributed by atoms with van der Waals surface area (Å²) in [5.74, 6) is 1.33. The normalized spacial score (nSPS) is 25.3. The average molecular weight is 414 g/mol. The Morgan fingerprint density at radius 2 is 1.73 bits per heavy atom. The van der Waals surface area contributed by atoms with Gasteiger partial charge in [-0.05, 0) is 82.3 Å². The summed E-state index contributed by atoms with van der Waals surface area (Å²) in [6.45, 7) is 8.01. The topological polar surface area (TPSA) is 36.0 Å². The highest BCUT2D eigenvalue weighted by atomic mass is 16.5. The van der Waals surface area contributed by atoms with Crippen LogP contribution in [0.4, 0.5) is 0 Å². The van der Waals surface area contributed by atoms with Crippen LogP contribution >= 0.6 is 0 Å². The predicted molar refractivity (Wildman–Crippen MR) is 121 cm³/mol. The highest BCUT2D eigenvalue weighted by Gasteiger charge is 2.23. The van der Waals surface area contributed by atoms with E-state index in [9.17, 15) is 4.79 Å². The van der Waals surface area contributed by atoms with Crippen LogP contribution < -0.4 is 4.74 Å². The molecule has 0 saturated carbocycles. The fourth-order valence-electron chi connectivity index (χ4n) is 5.29. The van der Waals surface area contributed by atoms with E-state index in [1.807, 2.05) is 4.90 Å². The van der Waals surface area contributed by atoms with E-state index in [0.717, 1.165) is 63.8 Å². The van der Waals surface area contributed by atoms with Crippen molar-refractivity contribution in [1.82, 2.24) is 14.7 Å².